The first-order valence-electron chi connectivity index (χ1n) is 8.84. The highest BCUT2D eigenvalue weighted by molar-refractivity contribution is 5.81. The fraction of sp³-hybridized carbons (Fsp3) is 0.0435. The van der Waals surface area contributed by atoms with Crippen molar-refractivity contribution in [3.63, 3.8) is 0 Å². The number of nitrogens with zero attached hydrogens (tertiary/aromatic N) is 2. The van der Waals surface area contributed by atoms with Gasteiger partial charge in [-0.15, -0.1) is 10.2 Å². The van der Waals surface area contributed by atoms with Gasteiger partial charge in [0.2, 0.25) is 5.88 Å². The van der Waals surface area contributed by atoms with Crippen molar-refractivity contribution in [1.29, 1.82) is 0 Å². The molecule has 3 aromatic carbocycles. The molecule has 144 valence electrons. The van der Waals surface area contributed by atoms with Crippen molar-refractivity contribution in [2.45, 2.75) is 6.18 Å². The second-order valence-corrected chi connectivity index (χ2v) is 6.30. The molecule has 1 aromatic heterocycles. The first kappa shape index (κ1) is 18.7. The molecule has 29 heavy (non-hydrogen) atoms. The third-order valence-electron chi connectivity index (χ3n) is 4.31. The number of alkyl halides is 3. The van der Waals surface area contributed by atoms with Crippen LogP contribution in [0.3, 0.4) is 0 Å². The lowest BCUT2D eigenvalue weighted by molar-refractivity contribution is -0.137. The summed E-state index contributed by atoms with van der Waals surface area (Å²) in [6.45, 7) is 0. The molecule has 0 saturated carbocycles. The summed E-state index contributed by atoms with van der Waals surface area (Å²) >= 11 is 0. The third-order valence-corrected chi connectivity index (χ3v) is 4.31. The van der Waals surface area contributed by atoms with Crippen molar-refractivity contribution >= 4 is 0 Å². The molecule has 0 N–H and O–H groups in total. The van der Waals surface area contributed by atoms with Gasteiger partial charge in [0.25, 0.3) is 0 Å². The quantitative estimate of drug-likeness (QED) is 0.391. The molecule has 0 aliphatic rings. The zero-order valence-corrected chi connectivity index (χ0v) is 15.1. The van der Waals surface area contributed by atoms with Crippen molar-refractivity contribution < 1.29 is 17.9 Å². The number of aromatic nitrogens is 2. The fourth-order valence-electron chi connectivity index (χ4n) is 2.90. The van der Waals surface area contributed by atoms with E-state index in [-0.39, 0.29) is 5.88 Å². The normalized spacial score (nSPS) is 11.3. The second kappa shape index (κ2) is 7.75. The number of halogens is 3. The third kappa shape index (κ3) is 4.27. The van der Waals surface area contributed by atoms with Crippen molar-refractivity contribution in [2.75, 3.05) is 0 Å². The summed E-state index contributed by atoms with van der Waals surface area (Å²) in [6.07, 6.45) is -4.39. The van der Waals surface area contributed by atoms with Crippen molar-refractivity contribution in [1.82, 2.24) is 10.2 Å². The van der Waals surface area contributed by atoms with Gasteiger partial charge in [-0.2, -0.15) is 13.2 Å². The van der Waals surface area contributed by atoms with Crippen molar-refractivity contribution in [2.24, 2.45) is 0 Å². The number of hydrogen-bond acceptors (Lipinski definition) is 3. The average Bonchev–Trinajstić information content (AvgIpc) is 2.74. The van der Waals surface area contributed by atoms with E-state index in [1.807, 2.05) is 48.5 Å². The molecule has 0 bridgehead atoms. The smallest absolute Gasteiger partial charge is 0.416 e. The highest BCUT2D eigenvalue weighted by Gasteiger charge is 2.30. The maximum Gasteiger partial charge on any atom is 0.416 e. The standard InChI is InChI=1S/C23H15F3N2O/c24-23(25,26)18-13-11-16(12-14-18)20-15-21(29-19-9-5-2-6-10-19)27-28-22(20)17-7-3-1-4-8-17/h1-15H. The molecule has 6 heteroatoms. The first-order valence-corrected chi connectivity index (χ1v) is 8.84. The number of para-hydroxylation sites is 1. The van der Waals surface area contributed by atoms with Gasteiger partial charge in [-0.25, -0.2) is 0 Å². The predicted molar refractivity (Wildman–Crippen MR) is 104 cm³/mol. The van der Waals surface area contributed by atoms with E-state index in [1.54, 1.807) is 18.2 Å². The molecule has 0 unspecified atom stereocenters. The van der Waals surface area contributed by atoms with Gasteiger partial charge in [0.05, 0.1) is 5.56 Å². The lowest BCUT2D eigenvalue weighted by Crippen LogP contribution is -2.04. The Morgan fingerprint density at radius 2 is 1.28 bits per heavy atom. The van der Waals surface area contributed by atoms with Crippen LogP contribution in [0.15, 0.2) is 91.0 Å². The van der Waals surface area contributed by atoms with E-state index in [0.717, 1.165) is 17.7 Å². The van der Waals surface area contributed by atoms with Crippen LogP contribution in [-0.2, 0) is 6.18 Å². The Morgan fingerprint density at radius 3 is 1.90 bits per heavy atom. The molecule has 0 aliphatic heterocycles. The van der Waals surface area contributed by atoms with E-state index >= 15 is 0 Å². The Hall–Kier alpha value is -3.67. The van der Waals surface area contributed by atoms with E-state index in [2.05, 4.69) is 10.2 Å². The van der Waals surface area contributed by atoms with Crippen LogP contribution in [0.5, 0.6) is 11.6 Å². The minimum absolute atomic E-state index is 0.255. The van der Waals surface area contributed by atoms with Crippen LogP contribution in [0.1, 0.15) is 5.56 Å². The Kier molecular flexibility index (Phi) is 4.99. The Morgan fingerprint density at radius 1 is 0.655 bits per heavy atom. The van der Waals surface area contributed by atoms with E-state index in [1.165, 1.54) is 12.1 Å². The molecule has 0 saturated heterocycles. The van der Waals surface area contributed by atoms with Crippen molar-refractivity contribution in [3.05, 3.63) is 96.6 Å². The fourth-order valence-corrected chi connectivity index (χ4v) is 2.90. The van der Waals surface area contributed by atoms with E-state index in [9.17, 15) is 13.2 Å². The Labute approximate surface area is 165 Å². The summed E-state index contributed by atoms with van der Waals surface area (Å²) in [7, 11) is 0. The zero-order valence-electron chi connectivity index (χ0n) is 15.1. The van der Waals surface area contributed by atoms with Gasteiger partial charge in [0, 0.05) is 17.2 Å². The number of rotatable bonds is 4. The van der Waals surface area contributed by atoms with E-state index in [4.69, 9.17) is 4.74 Å². The van der Waals surface area contributed by atoms with Crippen LogP contribution in [0, 0.1) is 0 Å². The molecule has 4 aromatic rings. The van der Waals surface area contributed by atoms with Crippen molar-refractivity contribution in [3.8, 4) is 34.0 Å². The maximum absolute atomic E-state index is 12.9. The van der Waals surface area contributed by atoms with Crippen LogP contribution in [0.25, 0.3) is 22.4 Å². The number of ether oxygens (including phenoxy) is 1. The summed E-state index contributed by atoms with van der Waals surface area (Å²) in [6, 6.07) is 25.1. The molecule has 0 fully saturated rings. The van der Waals surface area contributed by atoms with Crippen LogP contribution in [0.2, 0.25) is 0 Å². The van der Waals surface area contributed by atoms with Gasteiger partial charge in [0.1, 0.15) is 11.4 Å². The van der Waals surface area contributed by atoms with Crippen LogP contribution in [-0.4, -0.2) is 10.2 Å². The van der Waals surface area contributed by atoms with Gasteiger partial charge in [-0.05, 0) is 29.8 Å². The van der Waals surface area contributed by atoms with Gasteiger partial charge >= 0.3 is 6.18 Å². The van der Waals surface area contributed by atoms with Gasteiger partial charge < -0.3 is 4.74 Å². The Balaban J connectivity index is 1.79. The summed E-state index contributed by atoms with van der Waals surface area (Å²) in [5.74, 6) is 0.846. The number of hydrogen-bond donors (Lipinski definition) is 0. The molecule has 0 amide bonds. The molecule has 4 rings (SSSR count). The lowest BCUT2D eigenvalue weighted by Gasteiger charge is -2.12. The monoisotopic (exact) mass is 392 g/mol. The molecular weight excluding hydrogens is 377 g/mol. The van der Waals surface area contributed by atoms with E-state index < -0.39 is 11.7 Å². The molecule has 0 aliphatic carbocycles. The van der Waals surface area contributed by atoms with Crippen LogP contribution < -0.4 is 4.74 Å². The molecule has 3 nitrogen and oxygen atoms in total. The summed E-state index contributed by atoms with van der Waals surface area (Å²) in [5, 5.41) is 8.44. The molecular formula is C23H15F3N2O. The molecule has 0 spiro atoms. The number of benzene rings is 3. The molecule has 0 atom stereocenters. The predicted octanol–water partition coefficient (Wildman–Crippen LogP) is 6.62. The summed E-state index contributed by atoms with van der Waals surface area (Å²) < 4.78 is 44.5. The second-order valence-electron chi connectivity index (χ2n) is 6.30. The van der Waals surface area contributed by atoms with E-state index in [0.29, 0.717) is 22.6 Å². The highest BCUT2D eigenvalue weighted by atomic mass is 19.4. The topological polar surface area (TPSA) is 35.0 Å². The first-order chi connectivity index (χ1) is 14.0. The lowest BCUT2D eigenvalue weighted by atomic mass is 9.99. The SMILES string of the molecule is FC(F)(F)c1ccc(-c2cc(Oc3ccccc3)nnc2-c2ccccc2)cc1. The summed E-state index contributed by atoms with van der Waals surface area (Å²) in [5.41, 5.74) is 1.88. The zero-order chi connectivity index (χ0) is 20.3. The van der Waals surface area contributed by atoms with Crippen LogP contribution >= 0.6 is 0 Å². The molecule has 0 radical (unpaired) electrons. The van der Waals surface area contributed by atoms with Gasteiger partial charge in [-0.1, -0.05) is 60.7 Å². The molecule has 1 heterocycles. The minimum Gasteiger partial charge on any atom is -0.438 e. The van der Waals surface area contributed by atoms with Gasteiger partial charge in [0.15, 0.2) is 0 Å². The maximum atomic E-state index is 12.9. The van der Waals surface area contributed by atoms with Crippen LogP contribution in [0.4, 0.5) is 13.2 Å². The minimum atomic E-state index is -4.39. The largest absolute Gasteiger partial charge is 0.438 e. The average molecular weight is 392 g/mol. The highest BCUT2D eigenvalue weighted by Crippen LogP contribution is 2.35. The Bertz CT molecular complexity index is 1100. The summed E-state index contributed by atoms with van der Waals surface area (Å²) in [4.78, 5) is 0. The van der Waals surface area contributed by atoms with Gasteiger partial charge in [-0.3, -0.25) is 0 Å².